The van der Waals surface area contributed by atoms with Crippen LogP contribution >= 0.6 is 0 Å². The fraction of sp³-hybridized carbons (Fsp3) is 0.233. The molecule has 1 aliphatic carbocycles. The van der Waals surface area contributed by atoms with Gasteiger partial charge in [-0.25, -0.2) is 9.67 Å². The second kappa shape index (κ2) is 10.3. The van der Waals surface area contributed by atoms with Crippen LogP contribution in [0.2, 0.25) is 0 Å². The van der Waals surface area contributed by atoms with E-state index in [1.165, 1.54) is 11.5 Å². The molecule has 0 fully saturated rings. The van der Waals surface area contributed by atoms with Gasteiger partial charge in [-0.15, -0.1) is 5.10 Å². The molecule has 3 unspecified atom stereocenters. The second-order valence-electron chi connectivity index (χ2n) is 10.3. The zero-order chi connectivity index (χ0) is 29.7. The Morgan fingerprint density at radius 3 is 2.46 bits per heavy atom. The Kier molecular flexibility index (Phi) is 7.10. The van der Waals surface area contributed by atoms with E-state index in [4.69, 9.17) is 0 Å². The van der Waals surface area contributed by atoms with Crippen molar-refractivity contribution in [3.63, 3.8) is 0 Å². The molecule has 4 aromatic rings. The fourth-order valence-corrected chi connectivity index (χ4v) is 5.73. The van der Waals surface area contributed by atoms with E-state index in [0.29, 0.717) is 22.0 Å². The smallest absolute Gasteiger partial charge is 0.301 e. The van der Waals surface area contributed by atoms with Gasteiger partial charge >= 0.3 is 6.18 Å². The number of aromatic nitrogens is 5. The van der Waals surface area contributed by atoms with Gasteiger partial charge in [0.1, 0.15) is 11.6 Å². The zero-order valence-corrected chi connectivity index (χ0v) is 23.7. The molecule has 2 heterocycles. The van der Waals surface area contributed by atoms with Gasteiger partial charge in [-0.1, -0.05) is 48.6 Å². The molecule has 5 rings (SSSR count). The number of carbonyl (C=O) groups excluding carboxylic acids is 1. The number of allylic oxidation sites excluding steroid dienone is 4. The monoisotopic (exact) mass is 579 g/mol. The number of hydrogen-bond donors (Lipinski definition) is 0. The highest BCUT2D eigenvalue weighted by molar-refractivity contribution is 7.99. The van der Waals surface area contributed by atoms with Gasteiger partial charge < -0.3 is 4.57 Å². The molecule has 0 bridgehead atoms. The van der Waals surface area contributed by atoms with Gasteiger partial charge in [-0.05, 0) is 76.1 Å². The molecule has 0 N–H and O–H groups in total. The molecule has 3 atom stereocenters. The summed E-state index contributed by atoms with van der Waals surface area (Å²) in [5.74, 6) is 3.66. The average molecular weight is 580 g/mol. The largest absolute Gasteiger partial charge is 0.434 e. The standard InChI is InChI=1S/C30H28F3N5O2S/c1-18-13-23(9-11-25(18)19(2)39)28-16-34-36-38(28)27-15-22(21-7-6-8-24(14-21)41(4,5)40)10-12-26(27)37-17-29(30(31,32)33)35-20(37)3/h6-18,25H,4H2,1-3,5H3. The van der Waals surface area contributed by atoms with Crippen LogP contribution in [0.15, 0.2) is 78.0 Å². The lowest BCUT2D eigenvalue weighted by Gasteiger charge is -2.21. The molecule has 0 saturated heterocycles. The third-order valence-corrected chi connectivity index (χ3v) is 8.36. The number of hydrogen-bond acceptors (Lipinski definition) is 5. The number of Topliss-reactive ketones (excluding diaryl/α,β-unsaturated/α-hetero) is 1. The average Bonchev–Trinajstić information content (AvgIpc) is 3.55. The molecule has 0 radical (unpaired) electrons. The van der Waals surface area contributed by atoms with Gasteiger partial charge in [0.25, 0.3) is 0 Å². The summed E-state index contributed by atoms with van der Waals surface area (Å²) in [4.78, 5) is 16.4. The third-order valence-electron chi connectivity index (χ3n) is 7.11. The highest BCUT2D eigenvalue weighted by Gasteiger charge is 2.35. The predicted molar refractivity (Wildman–Crippen MR) is 154 cm³/mol. The van der Waals surface area contributed by atoms with Crippen molar-refractivity contribution in [3.05, 3.63) is 90.3 Å². The number of ketones is 1. The molecule has 2 aromatic carbocycles. The summed E-state index contributed by atoms with van der Waals surface area (Å²) in [7, 11) is -2.48. The maximum absolute atomic E-state index is 13.6. The van der Waals surface area contributed by atoms with E-state index in [1.807, 2.05) is 31.2 Å². The minimum Gasteiger partial charge on any atom is -0.301 e. The highest BCUT2D eigenvalue weighted by atomic mass is 32.2. The van der Waals surface area contributed by atoms with Crippen molar-refractivity contribution < 1.29 is 22.2 Å². The van der Waals surface area contributed by atoms with Crippen molar-refractivity contribution in [2.24, 2.45) is 11.8 Å². The van der Waals surface area contributed by atoms with E-state index < -0.39 is 21.4 Å². The lowest BCUT2D eigenvalue weighted by molar-refractivity contribution is -0.141. The Labute approximate surface area is 236 Å². The Morgan fingerprint density at radius 1 is 1.10 bits per heavy atom. The highest BCUT2D eigenvalue weighted by Crippen LogP contribution is 2.35. The molecule has 1 aliphatic rings. The maximum Gasteiger partial charge on any atom is 0.434 e. The molecule has 0 amide bonds. The zero-order valence-electron chi connectivity index (χ0n) is 22.9. The van der Waals surface area contributed by atoms with Crippen LogP contribution in [-0.2, 0) is 20.5 Å². The van der Waals surface area contributed by atoms with E-state index in [-0.39, 0.29) is 23.4 Å². The Bertz CT molecular complexity index is 1830. The summed E-state index contributed by atoms with van der Waals surface area (Å²) < 4.78 is 56.2. The molecule has 0 spiro atoms. The Morgan fingerprint density at radius 2 is 1.83 bits per heavy atom. The molecule has 41 heavy (non-hydrogen) atoms. The van der Waals surface area contributed by atoms with Crippen molar-refractivity contribution in [2.45, 2.75) is 31.8 Å². The van der Waals surface area contributed by atoms with Crippen LogP contribution in [0.25, 0.3) is 28.1 Å². The lowest BCUT2D eigenvalue weighted by atomic mass is 9.84. The number of halogens is 3. The first-order chi connectivity index (χ1) is 19.2. The van der Waals surface area contributed by atoms with Gasteiger partial charge in [0.05, 0.1) is 23.3 Å². The molecule has 7 nitrogen and oxygen atoms in total. The van der Waals surface area contributed by atoms with E-state index >= 15 is 0 Å². The van der Waals surface area contributed by atoms with Crippen molar-refractivity contribution in [1.29, 1.82) is 0 Å². The summed E-state index contributed by atoms with van der Waals surface area (Å²) in [5.41, 5.74) is 2.71. The van der Waals surface area contributed by atoms with Crippen LogP contribution in [0.5, 0.6) is 0 Å². The van der Waals surface area contributed by atoms with E-state index in [2.05, 4.69) is 21.2 Å². The molecule has 0 aliphatic heterocycles. The molecule has 212 valence electrons. The number of benzene rings is 2. The first-order valence-corrected chi connectivity index (χ1v) is 14.9. The number of alkyl halides is 3. The third kappa shape index (κ3) is 5.54. The molecule has 0 saturated carbocycles. The summed E-state index contributed by atoms with van der Waals surface area (Å²) in [6, 6.07) is 12.5. The molecular weight excluding hydrogens is 551 g/mol. The van der Waals surface area contributed by atoms with E-state index in [0.717, 1.165) is 22.9 Å². The van der Waals surface area contributed by atoms with Gasteiger partial charge in [-0.2, -0.15) is 13.2 Å². The van der Waals surface area contributed by atoms with Crippen LogP contribution in [0, 0.1) is 18.8 Å². The van der Waals surface area contributed by atoms with Crippen LogP contribution in [-0.4, -0.2) is 46.7 Å². The van der Waals surface area contributed by atoms with Crippen molar-refractivity contribution in [1.82, 2.24) is 24.5 Å². The maximum atomic E-state index is 13.6. The first-order valence-electron chi connectivity index (χ1n) is 12.8. The summed E-state index contributed by atoms with van der Waals surface area (Å²) in [6.45, 7) is 5.00. The lowest BCUT2D eigenvalue weighted by Crippen LogP contribution is -2.18. The van der Waals surface area contributed by atoms with Crippen LogP contribution in [0.4, 0.5) is 13.2 Å². The number of rotatable bonds is 6. The second-order valence-corrected chi connectivity index (χ2v) is 12.8. The molecule has 11 heteroatoms. The SMILES string of the molecule is C=S(C)(=O)c1cccc(-c2ccc(-n3cc(C(F)(F)F)nc3C)c(-n3nncc3C3=CC(C)C(C(C)=O)C=C3)c2)c1. The van der Waals surface area contributed by atoms with E-state index in [1.54, 1.807) is 60.5 Å². The minimum absolute atomic E-state index is 0.0576. The Hall–Kier alpha value is -4.25. The van der Waals surface area contributed by atoms with Crippen LogP contribution in [0.1, 0.15) is 31.1 Å². The quantitative estimate of drug-likeness (QED) is 0.264. The van der Waals surface area contributed by atoms with Gasteiger partial charge in [0.2, 0.25) is 0 Å². The number of nitrogens with zero attached hydrogens (tertiary/aromatic N) is 5. The van der Waals surface area contributed by atoms with Crippen molar-refractivity contribution in [3.8, 4) is 22.5 Å². The van der Waals surface area contributed by atoms with Gasteiger partial charge in [0.15, 0.2) is 5.69 Å². The Balaban J connectivity index is 1.71. The van der Waals surface area contributed by atoms with Crippen LogP contribution in [0.3, 0.4) is 0 Å². The number of aryl methyl sites for hydroxylation is 1. The topological polar surface area (TPSA) is 82.7 Å². The normalized spacial score (nSPS) is 18.7. The number of carbonyl (C=O) groups is 1. The minimum atomic E-state index is -4.61. The summed E-state index contributed by atoms with van der Waals surface area (Å²) >= 11 is 0. The molecular formula is C30H28F3N5O2S. The fourth-order valence-electron chi connectivity index (χ4n) is 4.99. The van der Waals surface area contributed by atoms with Gasteiger partial charge in [-0.3, -0.25) is 9.00 Å². The first kappa shape index (κ1) is 28.3. The summed E-state index contributed by atoms with van der Waals surface area (Å²) in [6.07, 6.45) is 5.13. The van der Waals surface area contributed by atoms with Crippen LogP contribution < -0.4 is 0 Å². The summed E-state index contributed by atoms with van der Waals surface area (Å²) in [5, 5.41) is 8.44. The number of imidazole rings is 1. The van der Waals surface area contributed by atoms with E-state index in [9.17, 15) is 22.2 Å². The molecule has 2 aromatic heterocycles. The predicted octanol–water partition coefficient (Wildman–Crippen LogP) is 5.95. The van der Waals surface area contributed by atoms with Gasteiger partial charge in [0, 0.05) is 23.3 Å². The van der Waals surface area contributed by atoms with Crippen molar-refractivity contribution in [2.75, 3.05) is 6.26 Å². The van der Waals surface area contributed by atoms with Crippen molar-refractivity contribution >= 4 is 26.7 Å².